The van der Waals surface area contributed by atoms with Gasteiger partial charge in [-0.15, -0.1) is 5.06 Å². The lowest BCUT2D eigenvalue weighted by Gasteiger charge is -2.38. The van der Waals surface area contributed by atoms with Gasteiger partial charge < -0.3 is 34.4 Å². The van der Waals surface area contributed by atoms with Crippen LogP contribution in [0.4, 0.5) is 4.79 Å². The maximum Gasteiger partial charge on any atom is 0.527 e. The molecule has 2 fully saturated rings. The highest BCUT2D eigenvalue weighted by Gasteiger charge is 2.49. The molecule has 1 saturated carbocycles. The summed E-state index contributed by atoms with van der Waals surface area (Å²) in [7, 11) is 0. The van der Waals surface area contributed by atoms with Crippen LogP contribution in [0.3, 0.4) is 0 Å². The van der Waals surface area contributed by atoms with Gasteiger partial charge in [-0.05, 0) is 57.7 Å². The zero-order valence-electron chi connectivity index (χ0n) is 25.0. The molecule has 0 bridgehead atoms. The van der Waals surface area contributed by atoms with Gasteiger partial charge in [-0.2, -0.15) is 5.10 Å². The molecule has 15 nitrogen and oxygen atoms in total. The highest BCUT2D eigenvalue weighted by atomic mass is 79.9. The number of amides is 2. The first kappa shape index (κ1) is 33.7. The number of piperazine rings is 1. The van der Waals surface area contributed by atoms with E-state index in [0.29, 0.717) is 18.5 Å². The zero-order valence-corrected chi connectivity index (χ0v) is 26.6. The van der Waals surface area contributed by atoms with Crippen LogP contribution in [0.5, 0.6) is 5.88 Å². The second-order valence-corrected chi connectivity index (χ2v) is 11.3. The number of carboxylic acids is 1. The summed E-state index contributed by atoms with van der Waals surface area (Å²) in [6, 6.07) is 7.28. The molecule has 2 heterocycles. The number of aromatic nitrogens is 2. The fourth-order valence-corrected chi connectivity index (χ4v) is 5.26. The second kappa shape index (κ2) is 15.2. The lowest BCUT2D eigenvalue weighted by molar-refractivity contribution is -0.170. The average Bonchev–Trinajstić information content (AvgIpc) is 3.41. The van der Waals surface area contributed by atoms with Crippen molar-refractivity contribution in [2.24, 2.45) is 0 Å². The van der Waals surface area contributed by atoms with Crippen molar-refractivity contribution in [3.63, 3.8) is 0 Å². The number of halogens is 1. The molecule has 2 N–H and O–H groups in total. The molecule has 1 aromatic heterocycles. The van der Waals surface area contributed by atoms with Crippen molar-refractivity contribution in [1.29, 1.82) is 0 Å². The van der Waals surface area contributed by atoms with Gasteiger partial charge in [-0.1, -0.05) is 22.0 Å². The lowest BCUT2D eigenvalue weighted by atomic mass is 9.80. The summed E-state index contributed by atoms with van der Waals surface area (Å²) in [5.74, 6) is -2.73. The van der Waals surface area contributed by atoms with Crippen LogP contribution in [0, 0.1) is 0 Å². The number of nitrogens with one attached hydrogen (secondary N) is 1. The molecule has 1 aliphatic heterocycles. The number of benzene rings is 1. The van der Waals surface area contributed by atoms with E-state index >= 15 is 0 Å². The van der Waals surface area contributed by atoms with Gasteiger partial charge >= 0.3 is 18.1 Å². The van der Waals surface area contributed by atoms with Crippen molar-refractivity contribution in [3.8, 4) is 11.6 Å². The van der Waals surface area contributed by atoms with Crippen LogP contribution in [0.1, 0.15) is 56.4 Å². The van der Waals surface area contributed by atoms with Gasteiger partial charge in [0.2, 0.25) is 17.4 Å². The van der Waals surface area contributed by atoms with Crippen molar-refractivity contribution in [3.05, 3.63) is 40.5 Å². The number of rotatable bonds is 13. The third-order valence-corrected chi connectivity index (χ3v) is 7.83. The van der Waals surface area contributed by atoms with E-state index in [-0.39, 0.29) is 63.8 Å². The molecule has 45 heavy (non-hydrogen) atoms. The molecule has 1 atom stereocenters. The summed E-state index contributed by atoms with van der Waals surface area (Å²) in [5.41, 5.74) is -0.783. The fraction of sp³-hybridized carbons (Fsp3) is 0.517. The summed E-state index contributed by atoms with van der Waals surface area (Å²) in [6.07, 6.45) is 0.238. The predicted molar refractivity (Wildman–Crippen MR) is 159 cm³/mol. The summed E-state index contributed by atoms with van der Waals surface area (Å²) in [5, 5.41) is 17.7. The number of ether oxygens (including phenoxy) is 3. The first-order chi connectivity index (χ1) is 21.5. The Kier molecular flexibility index (Phi) is 11.4. The van der Waals surface area contributed by atoms with Gasteiger partial charge in [0.05, 0.1) is 32.0 Å². The van der Waals surface area contributed by atoms with Gasteiger partial charge in [-0.3, -0.25) is 14.4 Å². The Morgan fingerprint density at radius 2 is 1.76 bits per heavy atom. The molecule has 2 amide bonds. The maximum atomic E-state index is 13.5. The number of esters is 1. The largest absolute Gasteiger partial charge is 0.527 e. The van der Waals surface area contributed by atoms with Crippen LogP contribution in [0.25, 0.3) is 5.69 Å². The Bertz CT molecular complexity index is 1400. The van der Waals surface area contributed by atoms with Crippen LogP contribution in [0.15, 0.2) is 34.8 Å². The van der Waals surface area contributed by atoms with E-state index in [1.54, 1.807) is 32.0 Å². The van der Waals surface area contributed by atoms with Crippen LogP contribution in [0.2, 0.25) is 0 Å². The Morgan fingerprint density at radius 3 is 2.36 bits per heavy atom. The number of carbonyl (C=O) groups excluding carboxylic acids is 4. The minimum atomic E-state index is -1.22. The number of hydroxylamine groups is 2. The molecular formula is C29H36BrN5O10. The first-order valence-corrected chi connectivity index (χ1v) is 15.5. The van der Waals surface area contributed by atoms with Gasteiger partial charge in [-0.25, -0.2) is 14.3 Å². The molecule has 0 unspecified atom stereocenters. The van der Waals surface area contributed by atoms with E-state index in [2.05, 4.69) is 26.3 Å². The Balaban J connectivity index is 1.54. The lowest BCUT2D eigenvalue weighted by Crippen LogP contribution is -2.55. The molecule has 244 valence electrons. The average molecular weight is 695 g/mol. The van der Waals surface area contributed by atoms with Crippen molar-refractivity contribution in [2.45, 2.75) is 57.6 Å². The fourth-order valence-electron chi connectivity index (χ4n) is 4.88. The Morgan fingerprint density at radius 1 is 1.04 bits per heavy atom. The molecule has 1 aliphatic carbocycles. The molecule has 2 aliphatic rings. The Hall–Kier alpha value is -4.18. The van der Waals surface area contributed by atoms with E-state index < -0.39 is 41.6 Å². The number of hydrogen-bond donors (Lipinski definition) is 2. The third kappa shape index (κ3) is 8.51. The molecule has 4 rings (SSSR count). The molecule has 16 heteroatoms. The topological polar surface area (TPSA) is 179 Å². The second-order valence-electron chi connectivity index (χ2n) is 10.4. The van der Waals surface area contributed by atoms with Crippen LogP contribution >= 0.6 is 15.9 Å². The smallest absolute Gasteiger partial charge is 0.481 e. The van der Waals surface area contributed by atoms with Crippen molar-refractivity contribution >= 4 is 45.8 Å². The quantitative estimate of drug-likeness (QED) is 0.294. The molecule has 1 saturated heterocycles. The van der Waals surface area contributed by atoms with Gasteiger partial charge in [0.25, 0.3) is 5.91 Å². The third-order valence-electron chi connectivity index (χ3n) is 7.34. The highest BCUT2D eigenvalue weighted by Crippen LogP contribution is 2.39. The number of nitrogens with zero attached hydrogens (tertiary/aromatic N) is 4. The SMILES string of the molecule is CCOC(=O)ON1CCN(C(=O)[C@H](CCC(=O)O)NC(=O)c2cc(OC3(C(=O)OCC)CCC3)n(-c3cccc(Br)c3)n2)CC1. The van der Waals surface area contributed by atoms with Crippen molar-refractivity contribution in [2.75, 3.05) is 39.4 Å². The zero-order chi connectivity index (χ0) is 32.6. The van der Waals surface area contributed by atoms with Crippen molar-refractivity contribution in [1.82, 2.24) is 25.1 Å². The number of hydrogen-bond acceptors (Lipinski definition) is 11. The summed E-state index contributed by atoms with van der Waals surface area (Å²) in [6.45, 7) is 4.43. The van der Waals surface area contributed by atoms with E-state index in [0.717, 1.165) is 10.9 Å². The summed E-state index contributed by atoms with van der Waals surface area (Å²) < 4.78 is 18.4. The van der Waals surface area contributed by atoms with Crippen LogP contribution < -0.4 is 10.1 Å². The molecule has 2 aromatic rings. The van der Waals surface area contributed by atoms with Gasteiger partial charge in [0.1, 0.15) is 6.04 Å². The predicted octanol–water partition coefficient (Wildman–Crippen LogP) is 2.69. The molecule has 1 aromatic carbocycles. The van der Waals surface area contributed by atoms with Gasteiger partial charge in [0.15, 0.2) is 5.69 Å². The molecular weight excluding hydrogens is 658 g/mol. The molecule has 0 spiro atoms. The van der Waals surface area contributed by atoms with E-state index in [9.17, 15) is 29.1 Å². The normalized spacial score (nSPS) is 16.6. The summed E-state index contributed by atoms with van der Waals surface area (Å²) >= 11 is 3.43. The number of carboxylic acid groups (broad SMARTS) is 1. The maximum absolute atomic E-state index is 13.5. The minimum Gasteiger partial charge on any atom is -0.481 e. The molecule has 0 radical (unpaired) electrons. The van der Waals surface area contributed by atoms with Crippen LogP contribution in [-0.4, -0.2) is 106 Å². The number of aliphatic carboxylic acids is 1. The number of carbonyl (C=O) groups is 5. The van der Waals surface area contributed by atoms with E-state index in [1.165, 1.54) is 20.7 Å². The standard InChI is InChI=1S/C29H36BrN5O10/c1-3-42-27(40)29(11-6-12-29)44-23-18-22(32-35(23)20-8-5-7-19(30)17-20)25(38)31-21(9-10-24(36)37)26(39)33-13-15-34(16-14-33)45-28(41)43-4-2/h5,7-8,17-18,21H,3-4,6,9-16H2,1-2H3,(H,31,38)(H,36,37)/t21-/m0/s1. The highest BCUT2D eigenvalue weighted by molar-refractivity contribution is 9.10. The van der Waals surface area contributed by atoms with E-state index in [1.807, 2.05) is 6.07 Å². The van der Waals surface area contributed by atoms with Gasteiger partial charge in [0, 0.05) is 30.0 Å². The Labute approximate surface area is 267 Å². The van der Waals surface area contributed by atoms with Crippen molar-refractivity contribution < 1.29 is 48.1 Å². The van der Waals surface area contributed by atoms with E-state index in [4.69, 9.17) is 19.0 Å². The monoisotopic (exact) mass is 693 g/mol. The first-order valence-electron chi connectivity index (χ1n) is 14.7. The minimum absolute atomic E-state index is 0.107. The summed E-state index contributed by atoms with van der Waals surface area (Å²) in [4.78, 5) is 69.4. The van der Waals surface area contributed by atoms with Crippen LogP contribution in [-0.2, 0) is 28.7 Å².